The average Bonchev–Trinajstić information content (AvgIpc) is 2.36. The first-order chi connectivity index (χ1) is 9.81. The molecule has 0 saturated carbocycles. The summed E-state index contributed by atoms with van der Waals surface area (Å²) in [6.07, 6.45) is 0.895. The lowest BCUT2D eigenvalue weighted by Gasteiger charge is -2.12. The van der Waals surface area contributed by atoms with E-state index in [-0.39, 0.29) is 34.6 Å². The lowest BCUT2D eigenvalue weighted by Crippen LogP contribution is -2.30. The van der Waals surface area contributed by atoms with Crippen LogP contribution in [0.1, 0.15) is 37.6 Å². The van der Waals surface area contributed by atoms with E-state index in [4.69, 9.17) is 27.9 Å². The second-order valence-electron chi connectivity index (χ2n) is 5.14. The van der Waals surface area contributed by atoms with Crippen molar-refractivity contribution in [2.45, 2.75) is 27.2 Å². The van der Waals surface area contributed by atoms with Gasteiger partial charge in [0, 0.05) is 11.6 Å². The normalized spacial score (nSPS) is 10.6. The summed E-state index contributed by atoms with van der Waals surface area (Å²) in [5.41, 5.74) is 0.266. The van der Waals surface area contributed by atoms with Gasteiger partial charge in [-0.3, -0.25) is 9.59 Å². The van der Waals surface area contributed by atoms with Gasteiger partial charge in [0.1, 0.15) is 5.75 Å². The fraction of sp³-hybridized carbons (Fsp3) is 0.467. The zero-order valence-corrected chi connectivity index (χ0v) is 13.8. The highest BCUT2D eigenvalue weighted by atomic mass is 35.5. The van der Waals surface area contributed by atoms with Gasteiger partial charge in [-0.15, -0.1) is 0 Å². The fourth-order valence-corrected chi connectivity index (χ4v) is 2.21. The quantitative estimate of drug-likeness (QED) is 0.774. The van der Waals surface area contributed by atoms with E-state index in [2.05, 4.69) is 19.2 Å². The van der Waals surface area contributed by atoms with Gasteiger partial charge in [-0.1, -0.05) is 37.0 Å². The Morgan fingerprint density at radius 1 is 1.29 bits per heavy atom. The molecule has 116 valence electrons. The number of carbonyl (C=O) groups excluding carboxylic acids is 2. The lowest BCUT2D eigenvalue weighted by molar-refractivity contribution is -0.123. The van der Waals surface area contributed by atoms with Crippen LogP contribution >= 0.6 is 23.2 Å². The molecule has 0 spiro atoms. The molecule has 0 atom stereocenters. The second kappa shape index (κ2) is 8.25. The van der Waals surface area contributed by atoms with Gasteiger partial charge in [-0.2, -0.15) is 0 Å². The highest BCUT2D eigenvalue weighted by Crippen LogP contribution is 2.32. The smallest absolute Gasteiger partial charge is 0.257 e. The molecule has 0 aliphatic rings. The second-order valence-corrected chi connectivity index (χ2v) is 5.99. The minimum atomic E-state index is -0.254. The van der Waals surface area contributed by atoms with Gasteiger partial charge in [-0.25, -0.2) is 0 Å². The minimum absolute atomic E-state index is 0.188. The zero-order chi connectivity index (χ0) is 16.0. The third-order valence-corrected chi connectivity index (χ3v) is 3.28. The topological polar surface area (TPSA) is 55.4 Å². The van der Waals surface area contributed by atoms with E-state index in [9.17, 15) is 9.59 Å². The van der Waals surface area contributed by atoms with E-state index in [1.165, 1.54) is 19.1 Å². The number of benzene rings is 1. The van der Waals surface area contributed by atoms with Crippen LogP contribution in [0, 0.1) is 5.92 Å². The maximum atomic E-state index is 11.7. The predicted molar refractivity (Wildman–Crippen MR) is 84.4 cm³/mol. The first-order valence-corrected chi connectivity index (χ1v) is 7.46. The Kier molecular flexibility index (Phi) is 6.99. The average molecular weight is 332 g/mol. The van der Waals surface area contributed by atoms with Crippen molar-refractivity contribution in [3.05, 3.63) is 27.7 Å². The van der Waals surface area contributed by atoms with Gasteiger partial charge in [-0.05, 0) is 31.4 Å². The van der Waals surface area contributed by atoms with Gasteiger partial charge >= 0.3 is 0 Å². The largest absolute Gasteiger partial charge is 0.481 e. The number of rotatable bonds is 7. The number of nitrogens with one attached hydrogen (secondary N) is 1. The number of carbonyl (C=O) groups is 2. The van der Waals surface area contributed by atoms with E-state index < -0.39 is 0 Å². The summed E-state index contributed by atoms with van der Waals surface area (Å²) < 4.78 is 5.38. The number of halogens is 2. The molecular formula is C15H19Cl2NO3. The van der Waals surface area contributed by atoms with Crippen LogP contribution in [0.15, 0.2) is 12.1 Å². The third kappa shape index (κ3) is 5.94. The number of hydrogen-bond donors (Lipinski definition) is 1. The van der Waals surface area contributed by atoms with Crippen molar-refractivity contribution in [1.29, 1.82) is 0 Å². The van der Waals surface area contributed by atoms with Crippen LogP contribution < -0.4 is 10.1 Å². The summed E-state index contributed by atoms with van der Waals surface area (Å²) in [6, 6.07) is 2.95. The SMILES string of the molecule is CC(=O)c1cc(Cl)cc(Cl)c1OCC(=O)NCCC(C)C. The van der Waals surface area contributed by atoms with Crippen LogP contribution in [-0.2, 0) is 4.79 Å². The van der Waals surface area contributed by atoms with Crippen molar-refractivity contribution in [3.63, 3.8) is 0 Å². The molecule has 0 radical (unpaired) electrons. The molecule has 1 rings (SSSR count). The first-order valence-electron chi connectivity index (χ1n) is 6.70. The van der Waals surface area contributed by atoms with Crippen molar-refractivity contribution >= 4 is 34.9 Å². The number of ketones is 1. The minimum Gasteiger partial charge on any atom is -0.481 e. The number of hydrogen-bond acceptors (Lipinski definition) is 3. The monoisotopic (exact) mass is 331 g/mol. The molecule has 1 aromatic carbocycles. The standard InChI is InChI=1S/C15H19Cl2NO3/c1-9(2)4-5-18-14(20)8-21-15-12(10(3)19)6-11(16)7-13(15)17/h6-7,9H,4-5,8H2,1-3H3,(H,18,20). The zero-order valence-electron chi connectivity index (χ0n) is 12.3. The summed E-state index contributed by atoms with van der Waals surface area (Å²) in [5.74, 6) is 0.222. The molecular weight excluding hydrogens is 313 g/mol. The molecule has 6 heteroatoms. The first kappa shape index (κ1) is 17.8. The van der Waals surface area contributed by atoms with Crippen molar-refractivity contribution in [3.8, 4) is 5.75 Å². The summed E-state index contributed by atoms with van der Waals surface area (Å²) >= 11 is 11.9. The summed E-state index contributed by atoms with van der Waals surface area (Å²) in [6.45, 7) is 5.94. The molecule has 4 nitrogen and oxygen atoms in total. The Morgan fingerprint density at radius 2 is 1.95 bits per heavy atom. The van der Waals surface area contributed by atoms with Crippen LogP contribution in [0.4, 0.5) is 0 Å². The van der Waals surface area contributed by atoms with Crippen molar-refractivity contribution in [2.24, 2.45) is 5.92 Å². The summed E-state index contributed by atoms with van der Waals surface area (Å²) in [5, 5.41) is 3.30. The van der Waals surface area contributed by atoms with Gasteiger partial charge in [0.2, 0.25) is 0 Å². The van der Waals surface area contributed by atoms with Crippen molar-refractivity contribution in [1.82, 2.24) is 5.32 Å². The maximum Gasteiger partial charge on any atom is 0.257 e. The molecule has 0 unspecified atom stereocenters. The summed E-state index contributed by atoms with van der Waals surface area (Å²) in [7, 11) is 0. The molecule has 0 heterocycles. The van der Waals surface area contributed by atoms with Gasteiger partial charge in [0.25, 0.3) is 5.91 Å². The van der Waals surface area contributed by atoms with Gasteiger partial charge in [0.15, 0.2) is 12.4 Å². The Morgan fingerprint density at radius 3 is 2.52 bits per heavy atom. The number of ether oxygens (including phenoxy) is 1. The molecule has 1 N–H and O–H groups in total. The van der Waals surface area contributed by atoms with Crippen LogP contribution in [0.2, 0.25) is 10.0 Å². The lowest BCUT2D eigenvalue weighted by atomic mass is 10.1. The van der Waals surface area contributed by atoms with E-state index in [0.29, 0.717) is 17.5 Å². The third-order valence-electron chi connectivity index (χ3n) is 2.78. The molecule has 0 aliphatic carbocycles. The van der Waals surface area contributed by atoms with Crippen LogP contribution in [0.5, 0.6) is 5.75 Å². The van der Waals surface area contributed by atoms with Gasteiger partial charge < -0.3 is 10.1 Å². The molecule has 0 aromatic heterocycles. The number of Topliss-reactive ketones (excluding diaryl/α,β-unsaturated/α-hetero) is 1. The predicted octanol–water partition coefficient (Wildman–Crippen LogP) is 3.74. The molecule has 1 aromatic rings. The van der Waals surface area contributed by atoms with Crippen molar-refractivity contribution in [2.75, 3.05) is 13.2 Å². The van der Waals surface area contributed by atoms with E-state index >= 15 is 0 Å². The van der Waals surface area contributed by atoms with E-state index in [1.807, 2.05) is 0 Å². The molecule has 0 bridgehead atoms. The summed E-state index contributed by atoms with van der Waals surface area (Å²) in [4.78, 5) is 23.2. The molecule has 0 aliphatic heterocycles. The maximum absolute atomic E-state index is 11.7. The van der Waals surface area contributed by atoms with Gasteiger partial charge in [0.05, 0.1) is 10.6 Å². The highest BCUT2D eigenvalue weighted by Gasteiger charge is 2.15. The van der Waals surface area contributed by atoms with Crippen LogP contribution in [0.3, 0.4) is 0 Å². The molecule has 21 heavy (non-hydrogen) atoms. The number of amides is 1. The van der Waals surface area contributed by atoms with E-state index in [1.54, 1.807) is 0 Å². The molecule has 0 fully saturated rings. The van der Waals surface area contributed by atoms with Crippen LogP contribution in [0.25, 0.3) is 0 Å². The Bertz CT molecular complexity index is 530. The van der Waals surface area contributed by atoms with Crippen molar-refractivity contribution < 1.29 is 14.3 Å². The fourth-order valence-electron chi connectivity index (χ4n) is 1.66. The Labute approximate surface area is 134 Å². The highest BCUT2D eigenvalue weighted by molar-refractivity contribution is 6.36. The Balaban J connectivity index is 2.67. The molecule has 0 saturated heterocycles. The van der Waals surface area contributed by atoms with E-state index in [0.717, 1.165) is 6.42 Å². The molecule has 1 amide bonds. The Hall–Kier alpha value is -1.26. The van der Waals surface area contributed by atoms with Crippen LogP contribution in [-0.4, -0.2) is 24.8 Å².